The molecular weight excluding hydrogens is 271 g/mol. The fourth-order valence-electron chi connectivity index (χ4n) is 2.88. The summed E-state index contributed by atoms with van der Waals surface area (Å²) in [7, 11) is 0. The minimum atomic E-state index is -0.113. The zero-order valence-corrected chi connectivity index (χ0v) is 12.4. The van der Waals surface area contributed by atoms with Crippen LogP contribution in [0.15, 0.2) is 35.0 Å². The highest BCUT2D eigenvalue weighted by atomic mass is 32.1. The number of hydrogen-bond donors (Lipinski definition) is 1. The smallest absolute Gasteiger partial charge is 0.126 e. The summed E-state index contributed by atoms with van der Waals surface area (Å²) in [5.74, 6) is -0.113. The number of piperazine rings is 1. The van der Waals surface area contributed by atoms with E-state index in [0.717, 1.165) is 37.3 Å². The van der Waals surface area contributed by atoms with Crippen molar-refractivity contribution >= 4 is 11.3 Å². The maximum atomic E-state index is 13.9. The molecule has 1 saturated heterocycles. The first-order valence-corrected chi connectivity index (χ1v) is 7.93. The van der Waals surface area contributed by atoms with Crippen LogP contribution in [0.25, 0.3) is 0 Å². The Morgan fingerprint density at radius 2 is 2.05 bits per heavy atom. The summed E-state index contributed by atoms with van der Waals surface area (Å²) in [6, 6.07) is 7.74. The van der Waals surface area contributed by atoms with Gasteiger partial charge in [0.15, 0.2) is 0 Å². The van der Waals surface area contributed by atoms with Crippen molar-refractivity contribution in [1.29, 1.82) is 0 Å². The molecule has 2 nitrogen and oxygen atoms in total. The van der Waals surface area contributed by atoms with Crippen LogP contribution in [0.5, 0.6) is 0 Å². The summed E-state index contributed by atoms with van der Waals surface area (Å²) in [5, 5.41) is 7.65. The van der Waals surface area contributed by atoms with E-state index < -0.39 is 0 Å². The molecule has 1 aromatic carbocycles. The molecule has 0 spiro atoms. The molecule has 106 valence electrons. The second-order valence-corrected chi connectivity index (χ2v) is 5.98. The molecule has 2 heterocycles. The van der Waals surface area contributed by atoms with Gasteiger partial charge in [0.1, 0.15) is 5.82 Å². The zero-order valence-electron chi connectivity index (χ0n) is 11.6. The van der Waals surface area contributed by atoms with E-state index in [0.29, 0.717) is 0 Å². The standard InChI is InChI=1S/C16H19FN2S/c1-12-14(3-2-4-15(12)17)16(13-5-10-20-11-13)19-8-6-18-7-9-19/h2-5,10-11,16,18H,6-9H2,1H3/t16-/m1/s1. The number of benzene rings is 1. The first-order valence-electron chi connectivity index (χ1n) is 6.99. The zero-order chi connectivity index (χ0) is 13.9. The maximum Gasteiger partial charge on any atom is 0.126 e. The number of thiophene rings is 1. The number of nitrogens with one attached hydrogen (secondary N) is 1. The van der Waals surface area contributed by atoms with Gasteiger partial charge in [-0.3, -0.25) is 4.90 Å². The highest BCUT2D eigenvalue weighted by molar-refractivity contribution is 7.08. The van der Waals surface area contributed by atoms with Gasteiger partial charge < -0.3 is 5.32 Å². The van der Waals surface area contributed by atoms with Crippen LogP contribution in [-0.4, -0.2) is 31.1 Å². The molecule has 0 bridgehead atoms. The summed E-state index contributed by atoms with van der Waals surface area (Å²) in [5.41, 5.74) is 3.12. The topological polar surface area (TPSA) is 15.3 Å². The Kier molecular flexibility index (Phi) is 4.15. The van der Waals surface area contributed by atoms with Crippen LogP contribution in [0.1, 0.15) is 22.7 Å². The van der Waals surface area contributed by atoms with E-state index in [1.165, 1.54) is 5.56 Å². The lowest BCUT2D eigenvalue weighted by Gasteiger charge is -2.35. The minimum Gasteiger partial charge on any atom is -0.314 e. The van der Waals surface area contributed by atoms with Crippen LogP contribution in [0.4, 0.5) is 4.39 Å². The number of rotatable bonds is 3. The summed E-state index contributed by atoms with van der Waals surface area (Å²) >= 11 is 1.70. The third-order valence-corrected chi connectivity index (χ3v) is 4.68. The van der Waals surface area contributed by atoms with E-state index in [1.807, 2.05) is 13.0 Å². The Bertz CT molecular complexity index is 562. The van der Waals surface area contributed by atoms with Gasteiger partial charge in [0.25, 0.3) is 0 Å². The fraction of sp³-hybridized carbons (Fsp3) is 0.375. The van der Waals surface area contributed by atoms with Crippen LogP contribution in [0.3, 0.4) is 0 Å². The Labute approximate surface area is 123 Å². The van der Waals surface area contributed by atoms with Crippen molar-refractivity contribution in [2.24, 2.45) is 0 Å². The summed E-state index contributed by atoms with van der Waals surface area (Å²) in [6.07, 6.45) is 0. The maximum absolute atomic E-state index is 13.9. The van der Waals surface area contributed by atoms with Gasteiger partial charge in [0, 0.05) is 26.2 Å². The number of halogens is 1. The fourth-order valence-corrected chi connectivity index (χ4v) is 3.56. The number of nitrogens with zero attached hydrogens (tertiary/aromatic N) is 1. The molecule has 1 atom stereocenters. The summed E-state index contributed by atoms with van der Waals surface area (Å²) in [4.78, 5) is 2.44. The molecule has 0 unspecified atom stereocenters. The van der Waals surface area contributed by atoms with Crippen molar-refractivity contribution in [2.75, 3.05) is 26.2 Å². The highest BCUT2D eigenvalue weighted by Crippen LogP contribution is 2.33. The van der Waals surface area contributed by atoms with E-state index in [-0.39, 0.29) is 11.9 Å². The number of hydrogen-bond acceptors (Lipinski definition) is 3. The molecule has 3 rings (SSSR count). The molecule has 0 aliphatic carbocycles. The van der Waals surface area contributed by atoms with Crippen LogP contribution in [0, 0.1) is 12.7 Å². The van der Waals surface area contributed by atoms with Crippen LogP contribution < -0.4 is 5.32 Å². The molecule has 1 aromatic heterocycles. The van der Waals surface area contributed by atoms with Crippen LogP contribution in [-0.2, 0) is 0 Å². The molecule has 1 aliphatic rings. The van der Waals surface area contributed by atoms with Crippen LogP contribution >= 0.6 is 11.3 Å². The predicted molar refractivity (Wildman–Crippen MR) is 81.7 cm³/mol. The van der Waals surface area contributed by atoms with Crippen molar-refractivity contribution in [3.8, 4) is 0 Å². The Hall–Kier alpha value is -1.23. The molecular formula is C16H19FN2S. The minimum absolute atomic E-state index is 0.113. The van der Waals surface area contributed by atoms with Crippen molar-refractivity contribution < 1.29 is 4.39 Å². The summed E-state index contributed by atoms with van der Waals surface area (Å²) in [6.45, 7) is 5.86. The third kappa shape index (κ3) is 2.64. The van der Waals surface area contributed by atoms with Crippen molar-refractivity contribution in [3.05, 3.63) is 57.5 Å². The van der Waals surface area contributed by atoms with Gasteiger partial charge in [-0.2, -0.15) is 11.3 Å². The average Bonchev–Trinajstić information content (AvgIpc) is 2.99. The van der Waals surface area contributed by atoms with Crippen molar-refractivity contribution in [3.63, 3.8) is 0 Å². The van der Waals surface area contributed by atoms with Gasteiger partial charge in [0.05, 0.1) is 6.04 Å². The van der Waals surface area contributed by atoms with E-state index >= 15 is 0 Å². The van der Waals surface area contributed by atoms with E-state index in [2.05, 4.69) is 33.1 Å². The molecule has 1 fully saturated rings. The molecule has 0 saturated carbocycles. The lowest BCUT2D eigenvalue weighted by atomic mass is 9.94. The average molecular weight is 290 g/mol. The monoisotopic (exact) mass is 290 g/mol. The first kappa shape index (κ1) is 13.7. The van der Waals surface area contributed by atoms with Gasteiger partial charge in [0.2, 0.25) is 0 Å². The Balaban J connectivity index is 2.03. The van der Waals surface area contributed by atoms with Crippen LogP contribution in [0.2, 0.25) is 0 Å². The van der Waals surface area contributed by atoms with Gasteiger partial charge in [-0.25, -0.2) is 4.39 Å². The Morgan fingerprint density at radius 3 is 2.75 bits per heavy atom. The molecule has 20 heavy (non-hydrogen) atoms. The van der Waals surface area contributed by atoms with E-state index in [4.69, 9.17) is 0 Å². The van der Waals surface area contributed by atoms with Crippen molar-refractivity contribution in [2.45, 2.75) is 13.0 Å². The lowest BCUT2D eigenvalue weighted by molar-refractivity contribution is 0.198. The predicted octanol–water partition coefficient (Wildman–Crippen LogP) is 3.19. The van der Waals surface area contributed by atoms with Crippen molar-refractivity contribution in [1.82, 2.24) is 10.2 Å². The second-order valence-electron chi connectivity index (χ2n) is 5.20. The summed E-state index contributed by atoms with van der Waals surface area (Å²) < 4.78 is 13.9. The van der Waals surface area contributed by atoms with E-state index in [1.54, 1.807) is 17.4 Å². The Morgan fingerprint density at radius 1 is 1.25 bits per heavy atom. The second kappa shape index (κ2) is 6.04. The van der Waals surface area contributed by atoms with Gasteiger partial charge in [-0.15, -0.1) is 0 Å². The first-order chi connectivity index (χ1) is 9.77. The van der Waals surface area contributed by atoms with Gasteiger partial charge in [-0.1, -0.05) is 12.1 Å². The molecule has 1 aliphatic heterocycles. The largest absolute Gasteiger partial charge is 0.314 e. The molecule has 2 aromatic rings. The SMILES string of the molecule is Cc1c(F)cccc1[C@@H](c1ccsc1)N1CCNCC1. The normalized spacial score (nSPS) is 18.1. The molecule has 4 heteroatoms. The lowest BCUT2D eigenvalue weighted by Crippen LogP contribution is -2.45. The van der Waals surface area contributed by atoms with Gasteiger partial charge >= 0.3 is 0 Å². The molecule has 1 N–H and O–H groups in total. The van der Waals surface area contributed by atoms with Gasteiger partial charge in [-0.05, 0) is 46.5 Å². The molecule has 0 radical (unpaired) electrons. The van der Waals surface area contributed by atoms with E-state index in [9.17, 15) is 4.39 Å². The highest BCUT2D eigenvalue weighted by Gasteiger charge is 2.26. The molecule has 0 amide bonds. The third-order valence-electron chi connectivity index (χ3n) is 3.98. The quantitative estimate of drug-likeness (QED) is 0.934.